The van der Waals surface area contributed by atoms with Gasteiger partial charge in [-0.25, -0.2) is 9.97 Å². The normalized spacial score (nSPS) is 13.3. The van der Waals surface area contributed by atoms with E-state index in [4.69, 9.17) is 9.97 Å². The van der Waals surface area contributed by atoms with Crippen molar-refractivity contribution >= 4 is 43.2 Å². The van der Waals surface area contributed by atoms with Crippen molar-refractivity contribution in [2.45, 2.75) is 19.3 Å². The Morgan fingerprint density at radius 2 is 0.939 bits per heavy atom. The van der Waals surface area contributed by atoms with Crippen LogP contribution in [-0.2, 0) is 5.41 Å². The zero-order valence-electron chi connectivity index (χ0n) is 27.4. The summed E-state index contributed by atoms with van der Waals surface area (Å²) in [6, 6.07) is 56.8. The van der Waals surface area contributed by atoms with Crippen molar-refractivity contribution in [2.24, 2.45) is 0 Å². The highest BCUT2D eigenvalue weighted by molar-refractivity contribution is 6.22. The van der Waals surface area contributed by atoms with Gasteiger partial charge in [-0.2, -0.15) is 0 Å². The molecule has 1 aromatic heterocycles. The third-order valence-corrected chi connectivity index (χ3v) is 10.6. The number of benzene rings is 8. The van der Waals surface area contributed by atoms with E-state index < -0.39 is 0 Å². The van der Waals surface area contributed by atoms with Crippen molar-refractivity contribution in [3.8, 4) is 44.9 Å². The highest BCUT2D eigenvalue weighted by Crippen LogP contribution is 2.57. The molecule has 0 radical (unpaired) electrons. The van der Waals surface area contributed by atoms with Crippen LogP contribution < -0.4 is 0 Å². The van der Waals surface area contributed by atoms with E-state index in [0.29, 0.717) is 0 Å². The smallest absolute Gasteiger partial charge is 0.160 e. The monoisotopic (exact) mass is 624 g/mol. The average molecular weight is 625 g/mol. The second-order valence-corrected chi connectivity index (χ2v) is 13.7. The number of hydrogen-bond donors (Lipinski definition) is 0. The van der Waals surface area contributed by atoms with Crippen molar-refractivity contribution in [2.75, 3.05) is 0 Å². The Morgan fingerprint density at radius 1 is 0.408 bits per heavy atom. The van der Waals surface area contributed by atoms with Gasteiger partial charge in [0.1, 0.15) is 0 Å². The van der Waals surface area contributed by atoms with Crippen LogP contribution in [0.3, 0.4) is 0 Å². The second kappa shape index (κ2) is 10.4. The highest BCUT2D eigenvalue weighted by atomic mass is 14.9. The first-order chi connectivity index (χ1) is 24.1. The number of rotatable bonds is 3. The molecule has 0 N–H and O–H groups in total. The third kappa shape index (κ3) is 4.07. The fourth-order valence-corrected chi connectivity index (χ4v) is 8.38. The minimum Gasteiger partial charge on any atom is -0.228 e. The van der Waals surface area contributed by atoms with E-state index in [9.17, 15) is 0 Å². The zero-order valence-corrected chi connectivity index (χ0v) is 27.4. The molecule has 0 bridgehead atoms. The van der Waals surface area contributed by atoms with E-state index in [1.54, 1.807) is 0 Å². The van der Waals surface area contributed by atoms with Crippen molar-refractivity contribution in [1.29, 1.82) is 0 Å². The molecule has 9 aromatic rings. The van der Waals surface area contributed by atoms with E-state index >= 15 is 0 Å². The summed E-state index contributed by atoms with van der Waals surface area (Å²) in [5, 5.41) is 8.94. The molecule has 0 spiro atoms. The summed E-state index contributed by atoms with van der Waals surface area (Å²) in [5.74, 6) is 0.734. The van der Waals surface area contributed by atoms with E-state index in [1.165, 1.54) is 65.7 Å². The van der Waals surface area contributed by atoms with Crippen LogP contribution in [0.4, 0.5) is 0 Å². The summed E-state index contributed by atoms with van der Waals surface area (Å²) in [6.07, 6.45) is 0. The SMILES string of the molecule is CC1(C)c2cc(-c3ccc(-c4nc(-c5ccccc5)c5ccccc5n4)cc3)c3ccccc3c2-c2c1c1ccccc1c1ccccc21. The van der Waals surface area contributed by atoms with E-state index in [2.05, 4.69) is 159 Å². The lowest BCUT2D eigenvalue weighted by molar-refractivity contribution is 0.667. The summed E-state index contributed by atoms with van der Waals surface area (Å²) >= 11 is 0. The average Bonchev–Trinajstić information content (AvgIpc) is 3.41. The molecule has 0 unspecified atom stereocenters. The molecule has 49 heavy (non-hydrogen) atoms. The van der Waals surface area contributed by atoms with Crippen molar-refractivity contribution in [3.63, 3.8) is 0 Å². The molecule has 0 amide bonds. The standard InChI is InChI=1S/C47H32N2/c1-47(2)40-28-39(29-24-26-31(27-25-29)46-48-41-23-13-12-22-38(41)45(49-46)30-14-4-3-5-15-30)34-18-7-9-19-35(34)42(40)43-36-20-10-6-16-32(36)33-17-8-11-21-37(33)44(43)47/h3-28H,1-2H3. The summed E-state index contributed by atoms with van der Waals surface area (Å²) in [4.78, 5) is 10.1. The first kappa shape index (κ1) is 27.9. The largest absolute Gasteiger partial charge is 0.228 e. The van der Waals surface area contributed by atoms with Crippen molar-refractivity contribution in [3.05, 3.63) is 169 Å². The molecule has 1 heterocycles. The van der Waals surface area contributed by atoms with Crippen LogP contribution in [0.1, 0.15) is 25.0 Å². The lowest BCUT2D eigenvalue weighted by Gasteiger charge is -2.25. The lowest BCUT2D eigenvalue weighted by atomic mass is 9.78. The lowest BCUT2D eigenvalue weighted by Crippen LogP contribution is -2.16. The van der Waals surface area contributed by atoms with Crippen molar-refractivity contribution in [1.82, 2.24) is 9.97 Å². The number of para-hydroxylation sites is 1. The minimum atomic E-state index is -0.181. The highest BCUT2D eigenvalue weighted by Gasteiger charge is 2.40. The number of nitrogens with zero attached hydrogens (tertiary/aromatic N) is 2. The summed E-state index contributed by atoms with van der Waals surface area (Å²) in [7, 11) is 0. The van der Waals surface area contributed by atoms with Gasteiger partial charge in [-0.15, -0.1) is 0 Å². The molecular weight excluding hydrogens is 593 g/mol. The van der Waals surface area contributed by atoms with Crippen LogP contribution in [0.15, 0.2) is 158 Å². The molecule has 0 saturated heterocycles. The maximum absolute atomic E-state index is 5.12. The van der Waals surface area contributed by atoms with Gasteiger partial charge in [-0.05, 0) is 77.8 Å². The zero-order chi connectivity index (χ0) is 32.7. The van der Waals surface area contributed by atoms with E-state index in [-0.39, 0.29) is 5.41 Å². The van der Waals surface area contributed by atoms with Crippen LogP contribution in [0, 0.1) is 0 Å². The van der Waals surface area contributed by atoms with Crippen LogP contribution >= 0.6 is 0 Å². The predicted molar refractivity (Wildman–Crippen MR) is 206 cm³/mol. The molecule has 0 fully saturated rings. The third-order valence-electron chi connectivity index (χ3n) is 10.6. The first-order valence-electron chi connectivity index (χ1n) is 17.0. The van der Waals surface area contributed by atoms with Gasteiger partial charge in [0.15, 0.2) is 5.82 Å². The van der Waals surface area contributed by atoms with Gasteiger partial charge in [-0.1, -0.05) is 159 Å². The molecule has 10 rings (SSSR count). The predicted octanol–water partition coefficient (Wildman–Crippen LogP) is 12.4. The Hall–Kier alpha value is -6.12. The molecule has 2 heteroatoms. The molecule has 0 aliphatic heterocycles. The van der Waals surface area contributed by atoms with Crippen LogP contribution in [0.25, 0.3) is 88.1 Å². The Kier molecular flexibility index (Phi) is 5.95. The van der Waals surface area contributed by atoms with Gasteiger partial charge in [0.25, 0.3) is 0 Å². The number of aromatic nitrogens is 2. The van der Waals surface area contributed by atoms with E-state index in [1.807, 2.05) is 12.1 Å². The fraction of sp³-hybridized carbons (Fsp3) is 0.0638. The summed E-state index contributed by atoms with van der Waals surface area (Å²) in [5.41, 5.74) is 11.8. The second-order valence-electron chi connectivity index (χ2n) is 13.7. The maximum Gasteiger partial charge on any atom is 0.160 e. The summed E-state index contributed by atoms with van der Waals surface area (Å²) in [6.45, 7) is 4.81. The number of fused-ring (bicyclic) bond motifs is 11. The van der Waals surface area contributed by atoms with Crippen LogP contribution in [0.2, 0.25) is 0 Å². The molecule has 0 saturated carbocycles. The maximum atomic E-state index is 5.12. The van der Waals surface area contributed by atoms with Gasteiger partial charge >= 0.3 is 0 Å². The fourth-order valence-electron chi connectivity index (χ4n) is 8.38. The molecule has 2 nitrogen and oxygen atoms in total. The minimum absolute atomic E-state index is 0.181. The van der Waals surface area contributed by atoms with Crippen molar-refractivity contribution < 1.29 is 0 Å². The molecule has 0 atom stereocenters. The van der Waals surface area contributed by atoms with Gasteiger partial charge in [0.2, 0.25) is 0 Å². The molecule has 8 aromatic carbocycles. The first-order valence-corrected chi connectivity index (χ1v) is 17.0. The van der Waals surface area contributed by atoms with Gasteiger partial charge in [-0.3, -0.25) is 0 Å². The Morgan fingerprint density at radius 3 is 1.65 bits per heavy atom. The molecular formula is C47H32N2. The Bertz CT molecular complexity index is 2780. The van der Waals surface area contributed by atoms with Crippen LogP contribution in [-0.4, -0.2) is 9.97 Å². The van der Waals surface area contributed by atoms with Gasteiger partial charge in [0, 0.05) is 21.9 Å². The molecule has 1 aliphatic rings. The molecule has 1 aliphatic carbocycles. The Balaban J connectivity index is 1.17. The Labute approximate surface area is 285 Å². The van der Waals surface area contributed by atoms with Crippen LogP contribution in [0.5, 0.6) is 0 Å². The topological polar surface area (TPSA) is 25.8 Å². The van der Waals surface area contributed by atoms with E-state index in [0.717, 1.165) is 33.5 Å². The van der Waals surface area contributed by atoms with Gasteiger partial charge < -0.3 is 0 Å². The molecule has 230 valence electrons. The summed E-state index contributed by atoms with van der Waals surface area (Å²) < 4.78 is 0. The quantitative estimate of drug-likeness (QED) is 0.183. The number of hydrogen-bond acceptors (Lipinski definition) is 2. The van der Waals surface area contributed by atoms with Gasteiger partial charge in [0.05, 0.1) is 11.2 Å².